The molecule has 0 unspecified atom stereocenters. The van der Waals surface area contributed by atoms with Crippen molar-refractivity contribution < 1.29 is 27.5 Å². The van der Waals surface area contributed by atoms with Gasteiger partial charge < -0.3 is 10.1 Å². The standard InChI is InChI=1S/C27H21F3N2O3/c1-3-35-26(34)23-14-18-10-13-20(15-24(18)31-16(23)2)32-25(33)22-7-5-4-6-21(22)17-8-11-19(12-9-17)27(28,29)30/h4-15H,3H2,1-2H3,(H,32,33). The van der Waals surface area contributed by atoms with Crippen LogP contribution in [0.15, 0.2) is 72.8 Å². The van der Waals surface area contributed by atoms with E-state index in [1.54, 1.807) is 62.4 Å². The Balaban J connectivity index is 1.61. The van der Waals surface area contributed by atoms with E-state index < -0.39 is 23.6 Å². The van der Waals surface area contributed by atoms with Gasteiger partial charge in [0.2, 0.25) is 0 Å². The summed E-state index contributed by atoms with van der Waals surface area (Å²) in [4.78, 5) is 29.7. The Kier molecular flexibility index (Phi) is 6.55. The number of fused-ring (bicyclic) bond motifs is 1. The van der Waals surface area contributed by atoms with E-state index in [1.165, 1.54) is 12.1 Å². The second-order valence-corrected chi connectivity index (χ2v) is 7.82. The molecule has 0 saturated carbocycles. The minimum atomic E-state index is -4.44. The number of benzene rings is 3. The number of aromatic nitrogens is 1. The Morgan fingerprint density at radius 2 is 1.66 bits per heavy atom. The molecule has 0 spiro atoms. The van der Waals surface area contributed by atoms with E-state index in [0.717, 1.165) is 12.1 Å². The third kappa shape index (κ3) is 5.16. The van der Waals surface area contributed by atoms with Crippen LogP contribution in [0.2, 0.25) is 0 Å². The van der Waals surface area contributed by atoms with Crippen molar-refractivity contribution in [2.45, 2.75) is 20.0 Å². The molecule has 0 aliphatic carbocycles. The number of carbonyl (C=O) groups excluding carboxylic acids is 2. The Bertz CT molecular complexity index is 1410. The van der Waals surface area contributed by atoms with Gasteiger partial charge in [-0.05, 0) is 61.4 Å². The van der Waals surface area contributed by atoms with Gasteiger partial charge in [0.05, 0.1) is 28.9 Å². The van der Waals surface area contributed by atoms with Gasteiger partial charge in [0.1, 0.15) is 0 Å². The average Bonchev–Trinajstić information content (AvgIpc) is 2.83. The Morgan fingerprint density at radius 3 is 2.34 bits per heavy atom. The fourth-order valence-electron chi connectivity index (χ4n) is 3.73. The van der Waals surface area contributed by atoms with E-state index >= 15 is 0 Å². The van der Waals surface area contributed by atoms with Gasteiger partial charge in [-0.15, -0.1) is 0 Å². The van der Waals surface area contributed by atoms with Crippen LogP contribution in [0.5, 0.6) is 0 Å². The number of nitrogens with zero attached hydrogens (tertiary/aromatic N) is 1. The van der Waals surface area contributed by atoms with Crippen LogP contribution in [0, 0.1) is 6.92 Å². The first-order valence-electron chi connectivity index (χ1n) is 10.8. The van der Waals surface area contributed by atoms with Gasteiger partial charge in [0, 0.05) is 16.6 Å². The number of carbonyl (C=O) groups is 2. The fourth-order valence-corrected chi connectivity index (χ4v) is 3.73. The van der Waals surface area contributed by atoms with Gasteiger partial charge in [-0.25, -0.2) is 4.79 Å². The lowest BCUT2D eigenvalue weighted by Gasteiger charge is -2.13. The normalized spacial score (nSPS) is 11.3. The number of anilines is 1. The average molecular weight is 478 g/mol. The van der Waals surface area contributed by atoms with E-state index in [9.17, 15) is 22.8 Å². The minimum Gasteiger partial charge on any atom is -0.462 e. The van der Waals surface area contributed by atoms with Crippen molar-refractivity contribution in [3.63, 3.8) is 0 Å². The monoisotopic (exact) mass is 478 g/mol. The maximum Gasteiger partial charge on any atom is 0.416 e. The van der Waals surface area contributed by atoms with Gasteiger partial charge in [-0.3, -0.25) is 9.78 Å². The Morgan fingerprint density at radius 1 is 0.943 bits per heavy atom. The fraction of sp³-hybridized carbons (Fsp3) is 0.148. The second kappa shape index (κ2) is 9.58. The zero-order valence-electron chi connectivity index (χ0n) is 18.9. The van der Waals surface area contributed by atoms with E-state index in [1.807, 2.05) is 0 Å². The van der Waals surface area contributed by atoms with E-state index in [0.29, 0.717) is 44.5 Å². The largest absolute Gasteiger partial charge is 0.462 e. The number of alkyl halides is 3. The number of aryl methyl sites for hydroxylation is 1. The van der Waals surface area contributed by atoms with E-state index in [-0.39, 0.29) is 6.61 Å². The summed E-state index contributed by atoms with van der Waals surface area (Å²) in [6, 6.07) is 18.2. The number of hydrogen-bond donors (Lipinski definition) is 1. The number of nitrogens with one attached hydrogen (secondary N) is 1. The predicted octanol–water partition coefficient (Wildman–Crippen LogP) is 6.66. The van der Waals surface area contributed by atoms with Crippen molar-refractivity contribution >= 4 is 28.5 Å². The van der Waals surface area contributed by atoms with Crippen molar-refractivity contribution in [1.29, 1.82) is 0 Å². The molecule has 35 heavy (non-hydrogen) atoms. The lowest BCUT2D eigenvalue weighted by Crippen LogP contribution is -2.13. The molecule has 3 aromatic carbocycles. The van der Waals surface area contributed by atoms with Gasteiger partial charge in [-0.2, -0.15) is 13.2 Å². The van der Waals surface area contributed by atoms with Crippen LogP contribution in [0.25, 0.3) is 22.0 Å². The Hall–Kier alpha value is -4.20. The molecule has 4 aromatic rings. The number of amides is 1. The van der Waals surface area contributed by atoms with Crippen molar-refractivity contribution in [3.8, 4) is 11.1 Å². The maximum atomic E-state index is 13.1. The number of ether oxygens (including phenoxy) is 1. The van der Waals surface area contributed by atoms with Crippen LogP contribution in [0.4, 0.5) is 18.9 Å². The van der Waals surface area contributed by atoms with Gasteiger partial charge in [0.25, 0.3) is 5.91 Å². The van der Waals surface area contributed by atoms with Crippen LogP contribution in [-0.2, 0) is 10.9 Å². The molecule has 1 amide bonds. The molecule has 0 fully saturated rings. The molecule has 1 aromatic heterocycles. The molecule has 0 bridgehead atoms. The molecule has 0 atom stereocenters. The molecule has 8 heteroatoms. The minimum absolute atomic E-state index is 0.259. The summed E-state index contributed by atoms with van der Waals surface area (Å²) in [5, 5.41) is 3.53. The molecule has 1 heterocycles. The molecule has 1 N–H and O–H groups in total. The third-order valence-electron chi connectivity index (χ3n) is 5.46. The quantitative estimate of drug-likeness (QED) is 0.326. The van der Waals surface area contributed by atoms with Crippen molar-refractivity contribution in [3.05, 3.63) is 95.2 Å². The zero-order chi connectivity index (χ0) is 25.2. The second-order valence-electron chi connectivity index (χ2n) is 7.82. The Labute approximate surface area is 199 Å². The number of esters is 1. The summed E-state index contributed by atoms with van der Waals surface area (Å²) < 4.78 is 43.8. The first-order chi connectivity index (χ1) is 16.7. The number of pyridine rings is 1. The van der Waals surface area contributed by atoms with Crippen LogP contribution in [-0.4, -0.2) is 23.5 Å². The van der Waals surface area contributed by atoms with E-state index in [4.69, 9.17) is 4.74 Å². The molecule has 0 aliphatic rings. The van der Waals surface area contributed by atoms with E-state index in [2.05, 4.69) is 10.3 Å². The highest BCUT2D eigenvalue weighted by molar-refractivity contribution is 6.09. The molecular formula is C27H21F3N2O3. The molecule has 178 valence electrons. The highest BCUT2D eigenvalue weighted by atomic mass is 19.4. The van der Waals surface area contributed by atoms with Crippen LogP contribution < -0.4 is 5.32 Å². The van der Waals surface area contributed by atoms with Crippen molar-refractivity contribution in [2.24, 2.45) is 0 Å². The van der Waals surface area contributed by atoms with Crippen LogP contribution in [0.1, 0.15) is 38.9 Å². The molecule has 0 saturated heterocycles. The highest BCUT2D eigenvalue weighted by Gasteiger charge is 2.30. The highest BCUT2D eigenvalue weighted by Crippen LogP contribution is 2.32. The van der Waals surface area contributed by atoms with Gasteiger partial charge in [-0.1, -0.05) is 36.4 Å². The van der Waals surface area contributed by atoms with Gasteiger partial charge in [0.15, 0.2) is 0 Å². The van der Waals surface area contributed by atoms with Crippen LogP contribution in [0.3, 0.4) is 0 Å². The maximum absolute atomic E-state index is 13.1. The molecule has 5 nitrogen and oxygen atoms in total. The predicted molar refractivity (Wildman–Crippen MR) is 127 cm³/mol. The van der Waals surface area contributed by atoms with Crippen molar-refractivity contribution in [2.75, 3.05) is 11.9 Å². The summed E-state index contributed by atoms with van der Waals surface area (Å²) >= 11 is 0. The lowest BCUT2D eigenvalue weighted by molar-refractivity contribution is -0.137. The summed E-state index contributed by atoms with van der Waals surface area (Å²) in [6.07, 6.45) is -4.44. The molecular weight excluding hydrogens is 457 g/mol. The SMILES string of the molecule is CCOC(=O)c1cc2ccc(NC(=O)c3ccccc3-c3ccc(C(F)(F)F)cc3)cc2nc1C. The van der Waals surface area contributed by atoms with Gasteiger partial charge >= 0.3 is 12.1 Å². The summed E-state index contributed by atoms with van der Waals surface area (Å²) in [7, 11) is 0. The topological polar surface area (TPSA) is 68.3 Å². The van der Waals surface area contributed by atoms with Crippen LogP contribution >= 0.6 is 0 Å². The number of rotatable bonds is 5. The number of hydrogen-bond acceptors (Lipinski definition) is 4. The first kappa shape index (κ1) is 23.9. The summed E-state index contributed by atoms with van der Waals surface area (Å²) in [5.74, 6) is -0.864. The van der Waals surface area contributed by atoms with Crippen molar-refractivity contribution in [1.82, 2.24) is 4.98 Å². The lowest BCUT2D eigenvalue weighted by atomic mass is 9.98. The first-order valence-corrected chi connectivity index (χ1v) is 10.8. The zero-order valence-corrected chi connectivity index (χ0v) is 18.9. The molecule has 0 radical (unpaired) electrons. The smallest absolute Gasteiger partial charge is 0.416 e. The molecule has 0 aliphatic heterocycles. The molecule has 4 rings (SSSR count). The third-order valence-corrected chi connectivity index (χ3v) is 5.46. The number of halogens is 3. The summed E-state index contributed by atoms with van der Waals surface area (Å²) in [5.41, 5.74) is 2.51. The summed E-state index contributed by atoms with van der Waals surface area (Å²) in [6.45, 7) is 3.69.